The number of amides is 5. The zero-order valence-corrected chi connectivity index (χ0v) is 24.0. The van der Waals surface area contributed by atoms with Crippen molar-refractivity contribution in [2.45, 2.75) is 13.8 Å². The van der Waals surface area contributed by atoms with E-state index in [9.17, 15) is 19.2 Å². The van der Waals surface area contributed by atoms with Crippen LogP contribution >= 0.6 is 43.5 Å². The van der Waals surface area contributed by atoms with Crippen LogP contribution in [0.1, 0.15) is 16.7 Å². The van der Waals surface area contributed by atoms with E-state index in [0.29, 0.717) is 36.5 Å². The SMILES string of the molecule is Cc1ccc(NC(=O)COc2c(Br)cc(/C=C3\C(=O)NC(=O)N(c4cc(Cl)ccc4C)C3=O)cc2Br)cc1. The minimum atomic E-state index is -0.863. The van der Waals surface area contributed by atoms with Crippen LogP contribution in [0, 0.1) is 13.8 Å². The first kappa shape index (κ1) is 27.6. The first-order valence-electron chi connectivity index (χ1n) is 11.2. The van der Waals surface area contributed by atoms with Gasteiger partial charge in [-0.1, -0.05) is 35.4 Å². The molecule has 194 valence electrons. The summed E-state index contributed by atoms with van der Waals surface area (Å²) in [6, 6.07) is 14.5. The largest absolute Gasteiger partial charge is 0.481 e. The average molecular weight is 662 g/mol. The summed E-state index contributed by atoms with van der Waals surface area (Å²) in [4.78, 5) is 51.5. The molecule has 8 nitrogen and oxygen atoms in total. The molecule has 0 saturated carbocycles. The predicted molar refractivity (Wildman–Crippen MR) is 152 cm³/mol. The minimum Gasteiger partial charge on any atom is -0.481 e. The second kappa shape index (κ2) is 11.5. The minimum absolute atomic E-state index is 0.242. The number of hydrogen-bond donors (Lipinski definition) is 2. The number of carbonyl (C=O) groups excluding carboxylic acids is 4. The van der Waals surface area contributed by atoms with Crippen molar-refractivity contribution in [1.82, 2.24) is 5.32 Å². The highest BCUT2D eigenvalue weighted by Gasteiger charge is 2.37. The zero-order chi connectivity index (χ0) is 27.6. The van der Waals surface area contributed by atoms with Gasteiger partial charge in [0.05, 0.1) is 14.6 Å². The van der Waals surface area contributed by atoms with E-state index in [-0.39, 0.29) is 23.8 Å². The summed E-state index contributed by atoms with van der Waals surface area (Å²) >= 11 is 12.9. The lowest BCUT2D eigenvalue weighted by Gasteiger charge is -2.27. The van der Waals surface area contributed by atoms with Crippen LogP contribution in [0.5, 0.6) is 5.75 Å². The molecule has 1 fully saturated rings. The molecule has 2 N–H and O–H groups in total. The molecule has 0 bridgehead atoms. The van der Waals surface area contributed by atoms with E-state index in [4.69, 9.17) is 16.3 Å². The van der Waals surface area contributed by atoms with Gasteiger partial charge in [0.25, 0.3) is 17.7 Å². The molecule has 0 spiro atoms. The van der Waals surface area contributed by atoms with Crippen molar-refractivity contribution < 1.29 is 23.9 Å². The molecule has 0 atom stereocenters. The van der Waals surface area contributed by atoms with Gasteiger partial charge in [0.1, 0.15) is 11.3 Å². The van der Waals surface area contributed by atoms with Crippen molar-refractivity contribution in [2.24, 2.45) is 0 Å². The van der Waals surface area contributed by atoms with E-state index in [2.05, 4.69) is 42.5 Å². The number of carbonyl (C=O) groups is 4. The smallest absolute Gasteiger partial charge is 0.335 e. The Morgan fingerprint density at radius 2 is 1.68 bits per heavy atom. The Balaban J connectivity index is 1.54. The third-order valence-electron chi connectivity index (χ3n) is 5.53. The number of hydrogen-bond acceptors (Lipinski definition) is 5. The third kappa shape index (κ3) is 6.15. The van der Waals surface area contributed by atoms with Crippen molar-refractivity contribution in [3.05, 3.63) is 90.8 Å². The molecule has 0 radical (unpaired) electrons. The summed E-state index contributed by atoms with van der Waals surface area (Å²) in [5, 5.41) is 5.29. The normalized spacial score (nSPS) is 14.5. The van der Waals surface area contributed by atoms with E-state index in [0.717, 1.165) is 10.5 Å². The predicted octanol–water partition coefficient (Wildman–Crippen LogP) is 6.17. The first-order chi connectivity index (χ1) is 18.0. The van der Waals surface area contributed by atoms with Gasteiger partial charge in [0.15, 0.2) is 6.61 Å². The Morgan fingerprint density at radius 1 is 1.03 bits per heavy atom. The van der Waals surface area contributed by atoms with Crippen molar-refractivity contribution in [1.29, 1.82) is 0 Å². The Hall–Kier alpha value is -3.47. The average Bonchev–Trinajstić information content (AvgIpc) is 2.84. The quantitative estimate of drug-likeness (QED) is 0.243. The van der Waals surface area contributed by atoms with Crippen LogP contribution in [-0.4, -0.2) is 30.4 Å². The van der Waals surface area contributed by atoms with E-state index >= 15 is 0 Å². The molecule has 0 aromatic heterocycles. The fraction of sp³-hybridized carbons (Fsp3) is 0.111. The number of halogens is 3. The number of anilines is 2. The van der Waals surface area contributed by atoms with Gasteiger partial charge in [-0.15, -0.1) is 0 Å². The van der Waals surface area contributed by atoms with Gasteiger partial charge in [-0.05, 0) is 99.3 Å². The number of nitrogens with zero attached hydrogens (tertiary/aromatic N) is 1. The maximum atomic E-state index is 13.2. The lowest BCUT2D eigenvalue weighted by Crippen LogP contribution is -2.54. The van der Waals surface area contributed by atoms with Crippen LogP contribution in [0.3, 0.4) is 0 Å². The van der Waals surface area contributed by atoms with Crippen LogP contribution in [0.25, 0.3) is 6.08 Å². The van der Waals surface area contributed by atoms with E-state index < -0.39 is 17.8 Å². The van der Waals surface area contributed by atoms with E-state index in [1.54, 1.807) is 43.3 Å². The molecule has 3 aromatic rings. The highest BCUT2D eigenvalue weighted by Crippen LogP contribution is 2.36. The van der Waals surface area contributed by atoms with Gasteiger partial charge in [0.2, 0.25) is 0 Å². The Kier molecular flexibility index (Phi) is 8.35. The Labute approximate surface area is 240 Å². The van der Waals surface area contributed by atoms with E-state index in [1.165, 1.54) is 12.1 Å². The lowest BCUT2D eigenvalue weighted by molar-refractivity contribution is -0.122. The van der Waals surface area contributed by atoms with Gasteiger partial charge in [-0.25, -0.2) is 9.69 Å². The molecule has 11 heteroatoms. The second-order valence-electron chi connectivity index (χ2n) is 8.41. The molecule has 1 saturated heterocycles. The van der Waals surface area contributed by atoms with Crippen molar-refractivity contribution in [3.63, 3.8) is 0 Å². The molecule has 3 aromatic carbocycles. The van der Waals surface area contributed by atoms with Crippen molar-refractivity contribution in [2.75, 3.05) is 16.8 Å². The summed E-state index contributed by atoms with van der Waals surface area (Å²) in [6.45, 7) is 3.43. The van der Waals surface area contributed by atoms with Crippen molar-refractivity contribution in [3.8, 4) is 5.75 Å². The van der Waals surface area contributed by atoms with Crippen LogP contribution in [-0.2, 0) is 14.4 Å². The van der Waals surface area contributed by atoms with Gasteiger partial charge in [-0.2, -0.15) is 0 Å². The summed E-state index contributed by atoms with van der Waals surface area (Å²) in [5.41, 5.74) is 2.86. The molecule has 1 aliphatic heterocycles. The number of urea groups is 1. The molecule has 4 rings (SSSR count). The molecule has 1 aliphatic rings. The molecule has 0 unspecified atom stereocenters. The first-order valence-corrected chi connectivity index (χ1v) is 13.2. The van der Waals surface area contributed by atoms with Crippen LogP contribution in [0.15, 0.2) is 69.1 Å². The number of barbiturate groups is 1. The molecular weight excluding hydrogens is 642 g/mol. The van der Waals surface area contributed by atoms with E-state index in [1.807, 2.05) is 19.1 Å². The summed E-state index contributed by atoms with van der Waals surface area (Å²) in [5.74, 6) is -1.60. The summed E-state index contributed by atoms with van der Waals surface area (Å²) < 4.78 is 6.64. The van der Waals surface area contributed by atoms with Crippen LogP contribution in [0.2, 0.25) is 5.02 Å². The number of benzene rings is 3. The number of aryl methyl sites for hydroxylation is 2. The van der Waals surface area contributed by atoms with Gasteiger partial charge in [-0.3, -0.25) is 19.7 Å². The third-order valence-corrected chi connectivity index (χ3v) is 6.94. The number of nitrogens with one attached hydrogen (secondary N) is 2. The number of imide groups is 2. The standard InChI is InChI=1S/C27H20Br2ClN3O5/c1-14-3-7-18(8-4-14)31-23(34)13-38-24-20(28)10-16(11-21(24)29)9-19-25(35)32-27(37)33(26(19)36)22-12-17(30)6-5-15(22)2/h3-12H,13H2,1-2H3,(H,31,34)(H,32,35,37)/b19-9+. The monoisotopic (exact) mass is 659 g/mol. The second-order valence-corrected chi connectivity index (χ2v) is 10.6. The number of rotatable bonds is 6. The highest BCUT2D eigenvalue weighted by molar-refractivity contribution is 9.11. The molecule has 0 aliphatic carbocycles. The maximum Gasteiger partial charge on any atom is 0.335 e. The number of ether oxygens (including phenoxy) is 1. The highest BCUT2D eigenvalue weighted by atomic mass is 79.9. The van der Waals surface area contributed by atoms with Crippen LogP contribution in [0.4, 0.5) is 16.2 Å². The van der Waals surface area contributed by atoms with Gasteiger partial charge >= 0.3 is 6.03 Å². The summed E-state index contributed by atoms with van der Waals surface area (Å²) in [6.07, 6.45) is 1.36. The molecule has 1 heterocycles. The Bertz CT molecular complexity index is 1480. The molecular formula is C27H20Br2ClN3O5. The zero-order valence-electron chi connectivity index (χ0n) is 20.1. The summed E-state index contributed by atoms with van der Waals surface area (Å²) in [7, 11) is 0. The molecule has 38 heavy (non-hydrogen) atoms. The van der Waals surface area contributed by atoms with Gasteiger partial charge < -0.3 is 10.1 Å². The van der Waals surface area contributed by atoms with Crippen molar-refractivity contribution >= 4 is 84.7 Å². The fourth-order valence-corrected chi connectivity index (χ4v) is 5.26. The fourth-order valence-electron chi connectivity index (χ4n) is 3.64. The van der Waals surface area contributed by atoms with Gasteiger partial charge in [0, 0.05) is 10.7 Å². The lowest BCUT2D eigenvalue weighted by atomic mass is 10.1. The molecule has 5 amide bonds. The Morgan fingerprint density at radius 3 is 2.34 bits per heavy atom. The van der Waals surface area contributed by atoms with Crippen LogP contribution < -0.4 is 20.3 Å². The maximum absolute atomic E-state index is 13.2. The topological polar surface area (TPSA) is 105 Å².